The van der Waals surface area contributed by atoms with Gasteiger partial charge in [0.25, 0.3) is 5.56 Å². The highest BCUT2D eigenvalue weighted by atomic mass is 127. The molecule has 1 fully saturated rings. The molecule has 1 aromatic heterocycles. The lowest BCUT2D eigenvalue weighted by Gasteiger charge is -2.17. The van der Waals surface area contributed by atoms with Gasteiger partial charge in [-0.05, 0) is 22.6 Å². The minimum atomic E-state index is -4.64. The molecule has 20 nitrogen and oxygen atoms in total. The van der Waals surface area contributed by atoms with Crippen molar-refractivity contribution in [1.82, 2.24) is 9.55 Å². The van der Waals surface area contributed by atoms with Gasteiger partial charge in [-0.15, -0.1) is 0 Å². The van der Waals surface area contributed by atoms with Crippen molar-refractivity contribution in [2.75, 3.05) is 6.61 Å². The number of aliphatic hydroxyl groups is 3. The maximum Gasteiger partial charge on any atom is 0.466 e. The highest BCUT2D eigenvalue weighted by molar-refractivity contribution is 14.1. The van der Waals surface area contributed by atoms with Gasteiger partial charge >= 0.3 is 29.2 Å². The van der Waals surface area contributed by atoms with Gasteiger partial charge in [0.1, 0.15) is 18.3 Å². The van der Waals surface area contributed by atoms with Crippen molar-refractivity contribution in [3.05, 3.63) is 30.6 Å². The number of H-pyrrole nitrogens is 1. The van der Waals surface area contributed by atoms with E-state index in [0.717, 1.165) is 4.57 Å². The topological polar surface area (TPSA) is 358 Å². The second kappa shape index (κ2) is 14.2. The van der Waals surface area contributed by atoms with Crippen LogP contribution in [-0.4, -0.2) is 93.8 Å². The molecular weight excluding hydrogens is 644 g/mol. The van der Waals surface area contributed by atoms with Crippen LogP contribution in [0.15, 0.2) is 15.8 Å². The largest absolute Gasteiger partial charge is 0.466 e. The average Bonchev–Trinajstić information content (AvgIpc) is 2.81. The first-order chi connectivity index (χ1) is 14.5. The first kappa shape index (κ1) is 34.7. The molecule has 1 aliphatic heterocycles. The van der Waals surface area contributed by atoms with E-state index in [1.54, 1.807) is 22.6 Å². The molecule has 1 aliphatic rings. The van der Waals surface area contributed by atoms with Crippen LogP contribution in [0.25, 0.3) is 0 Å². The molecule has 2 heterocycles. The summed E-state index contributed by atoms with van der Waals surface area (Å²) in [6.45, 7) is -0.482. The van der Waals surface area contributed by atoms with Gasteiger partial charge in [-0.25, -0.2) is 18.5 Å². The smallest absolute Gasteiger partial charge is 0.394 e. The number of hydrogen-bond donors (Lipinski definition) is 13. The van der Waals surface area contributed by atoms with Crippen LogP contribution in [0, 0.1) is 3.57 Å². The van der Waals surface area contributed by atoms with Gasteiger partial charge in [0.05, 0.1) is 10.2 Å². The first-order valence-corrected chi connectivity index (χ1v) is 13.2. The summed E-state index contributed by atoms with van der Waals surface area (Å²) < 4.78 is 33.0. The van der Waals surface area contributed by atoms with E-state index in [9.17, 15) is 19.8 Å². The molecule has 0 radical (unpaired) electrons. The van der Waals surface area contributed by atoms with E-state index < -0.39 is 65.9 Å². The quantitative estimate of drug-likeness (QED) is 0.104. The summed E-state index contributed by atoms with van der Waals surface area (Å²) in [5.74, 6) is 0. The summed E-state index contributed by atoms with van der Waals surface area (Å²) >= 11 is 1.73. The van der Waals surface area contributed by atoms with E-state index in [2.05, 4.69) is 4.98 Å². The second-order valence-corrected chi connectivity index (χ2v) is 9.65. The number of aromatic nitrogens is 2. The SMILES string of the molecule is O=P(O)(O)O.O=P(O)(O)O.O=P(O)(O)O.O=c1[nH]c(=O)n([C@@H]2O[C@H](CO)[C@@H](O)[C@H]2O)cc1I. The van der Waals surface area contributed by atoms with E-state index >= 15 is 0 Å². The third-order valence-electron chi connectivity index (χ3n) is 2.72. The molecule has 2 rings (SSSR count). The van der Waals surface area contributed by atoms with Crippen molar-refractivity contribution in [2.24, 2.45) is 0 Å². The van der Waals surface area contributed by atoms with Gasteiger partial charge < -0.3 is 64.1 Å². The van der Waals surface area contributed by atoms with Crippen LogP contribution in [0.3, 0.4) is 0 Å². The molecule has 0 aromatic carbocycles. The van der Waals surface area contributed by atoms with Gasteiger partial charge in [0.15, 0.2) is 6.23 Å². The first-order valence-electron chi connectivity index (χ1n) is 7.44. The lowest BCUT2D eigenvalue weighted by Crippen LogP contribution is -2.38. The second-order valence-electron chi connectivity index (χ2n) is 5.41. The van der Waals surface area contributed by atoms with Gasteiger partial charge in [-0.2, -0.15) is 0 Å². The van der Waals surface area contributed by atoms with Crippen molar-refractivity contribution >= 4 is 46.1 Å². The molecule has 0 unspecified atom stereocenters. The van der Waals surface area contributed by atoms with E-state index in [0.29, 0.717) is 0 Å². The van der Waals surface area contributed by atoms with Crippen molar-refractivity contribution in [3.63, 3.8) is 0 Å². The molecule has 0 spiro atoms. The van der Waals surface area contributed by atoms with Crippen LogP contribution < -0.4 is 11.2 Å². The Kier molecular flexibility index (Phi) is 15.0. The fourth-order valence-corrected chi connectivity index (χ4v) is 2.19. The molecule has 0 bridgehead atoms. The third kappa shape index (κ3) is 19.6. The summed E-state index contributed by atoms with van der Waals surface area (Å²) in [5.41, 5.74) is -1.29. The van der Waals surface area contributed by atoms with E-state index in [1.165, 1.54) is 6.20 Å². The summed E-state index contributed by atoms with van der Waals surface area (Å²) in [4.78, 5) is 89.5. The number of aromatic amines is 1. The zero-order valence-corrected chi connectivity index (χ0v) is 20.4. The number of nitrogens with zero attached hydrogens (tertiary/aromatic N) is 1. The fourth-order valence-electron chi connectivity index (χ4n) is 1.76. The Morgan fingerprint density at radius 2 is 1.24 bits per heavy atom. The third-order valence-corrected chi connectivity index (χ3v) is 3.48. The summed E-state index contributed by atoms with van der Waals surface area (Å²) in [6.07, 6.45) is -3.54. The van der Waals surface area contributed by atoms with Gasteiger partial charge in [-0.3, -0.25) is 14.3 Å². The minimum absolute atomic E-state index is 0.241. The van der Waals surface area contributed by atoms with Crippen LogP contribution in [0.2, 0.25) is 0 Å². The maximum absolute atomic E-state index is 11.6. The van der Waals surface area contributed by atoms with Gasteiger partial charge in [-0.1, -0.05) is 0 Å². The molecular formula is C9H20IN2O18P3. The Labute approximate surface area is 195 Å². The number of nitrogens with one attached hydrogen (secondary N) is 1. The Morgan fingerprint density at radius 3 is 1.55 bits per heavy atom. The van der Waals surface area contributed by atoms with Crippen molar-refractivity contribution < 1.29 is 77.8 Å². The number of aliphatic hydroxyl groups excluding tert-OH is 3. The molecule has 0 amide bonds. The summed E-state index contributed by atoms with van der Waals surface area (Å²) in [7, 11) is -13.9. The van der Waals surface area contributed by atoms with Crippen LogP contribution in [0.4, 0.5) is 0 Å². The van der Waals surface area contributed by atoms with Crippen LogP contribution in [0.1, 0.15) is 6.23 Å². The molecule has 0 saturated carbocycles. The molecule has 33 heavy (non-hydrogen) atoms. The fraction of sp³-hybridized carbons (Fsp3) is 0.556. The predicted molar refractivity (Wildman–Crippen MR) is 110 cm³/mol. The Bertz CT molecular complexity index is 920. The average molecular weight is 664 g/mol. The summed E-state index contributed by atoms with van der Waals surface area (Å²) in [5, 5.41) is 28.3. The molecule has 4 atom stereocenters. The zero-order valence-electron chi connectivity index (χ0n) is 15.6. The minimum Gasteiger partial charge on any atom is -0.394 e. The van der Waals surface area contributed by atoms with E-state index in [1.807, 2.05) is 0 Å². The van der Waals surface area contributed by atoms with Gasteiger partial charge in [0, 0.05) is 6.20 Å². The monoisotopic (exact) mass is 664 g/mol. The van der Waals surface area contributed by atoms with Crippen LogP contribution in [-0.2, 0) is 18.4 Å². The van der Waals surface area contributed by atoms with Crippen molar-refractivity contribution in [2.45, 2.75) is 24.5 Å². The highest BCUT2D eigenvalue weighted by Gasteiger charge is 2.43. The standard InChI is InChI=1S/C9H11IN2O6.3H3O4P/c10-3-1-12(9(17)11-7(3)16)8-6(15)5(14)4(2-13)18-8;3*1-5(2,3)4/h1,4-6,8,13-15H,2H2,(H,11,16,17);3*(H3,1,2,3,4)/t4-,5-,6-,8-;;;/m1.../s1. The van der Waals surface area contributed by atoms with E-state index in [4.69, 9.17) is 67.6 Å². The number of halogens is 1. The molecule has 13 N–H and O–H groups in total. The predicted octanol–water partition coefficient (Wildman–Crippen LogP) is -5.03. The molecule has 1 aromatic rings. The lowest BCUT2D eigenvalue weighted by molar-refractivity contribution is -0.0551. The number of ether oxygens (including phenoxy) is 1. The van der Waals surface area contributed by atoms with Crippen molar-refractivity contribution in [3.8, 4) is 0 Å². The van der Waals surface area contributed by atoms with Gasteiger partial charge in [0.2, 0.25) is 0 Å². The van der Waals surface area contributed by atoms with Crippen molar-refractivity contribution in [1.29, 1.82) is 0 Å². The maximum atomic E-state index is 11.6. The molecule has 24 heteroatoms. The molecule has 0 aliphatic carbocycles. The number of phosphoric acid groups is 3. The number of hydrogen-bond acceptors (Lipinski definition) is 9. The Morgan fingerprint density at radius 1 is 0.879 bits per heavy atom. The van der Waals surface area contributed by atoms with Crippen LogP contribution >= 0.6 is 46.1 Å². The molecule has 1 saturated heterocycles. The highest BCUT2D eigenvalue weighted by Crippen LogP contribution is 2.28. The normalized spacial score (nSPS) is 22.7. The lowest BCUT2D eigenvalue weighted by atomic mass is 10.1. The van der Waals surface area contributed by atoms with Crippen LogP contribution in [0.5, 0.6) is 0 Å². The van der Waals surface area contributed by atoms with E-state index in [-0.39, 0.29) is 3.57 Å². The number of rotatable bonds is 2. The Balaban J connectivity index is 0. The summed E-state index contributed by atoms with van der Waals surface area (Å²) in [6, 6.07) is 0. The molecule has 196 valence electrons. The zero-order chi connectivity index (χ0) is 26.9. The Hall–Kier alpha value is -0.420.